The average Bonchev–Trinajstić information content (AvgIpc) is 2.15. The Morgan fingerprint density at radius 1 is 1.60 bits per heavy atom. The van der Waals surface area contributed by atoms with Crippen LogP contribution in [-0.2, 0) is 0 Å². The number of nitrogens with zero attached hydrogens (tertiary/aromatic N) is 2. The zero-order valence-electron chi connectivity index (χ0n) is 7.65. The lowest BCUT2D eigenvalue weighted by Crippen LogP contribution is -2.01. The fourth-order valence-corrected chi connectivity index (χ4v) is 1.38. The van der Waals surface area contributed by atoms with Gasteiger partial charge in [-0.15, -0.1) is 0 Å². The van der Waals surface area contributed by atoms with Crippen LogP contribution in [0.2, 0.25) is 0 Å². The zero-order chi connectivity index (χ0) is 11.6. The van der Waals surface area contributed by atoms with E-state index >= 15 is 0 Å². The summed E-state index contributed by atoms with van der Waals surface area (Å²) in [5.41, 5.74) is -0.197. The van der Waals surface area contributed by atoms with Crippen LogP contribution >= 0.6 is 11.6 Å². The molecular formula is C9H5ClN2O3. The summed E-state index contributed by atoms with van der Waals surface area (Å²) in [5.74, 6) is 0. The Kier molecular flexibility index (Phi) is 3.02. The van der Waals surface area contributed by atoms with Crippen molar-refractivity contribution < 1.29 is 9.72 Å². The number of carbonyl (C=O) groups excluding carboxylic acids is 1. The zero-order valence-corrected chi connectivity index (χ0v) is 8.41. The lowest BCUT2D eigenvalue weighted by molar-refractivity contribution is -0.385. The highest BCUT2D eigenvalue weighted by atomic mass is 35.5. The van der Waals surface area contributed by atoms with Gasteiger partial charge in [0.25, 0.3) is 10.9 Å². The molecule has 0 aliphatic heterocycles. The molecule has 5 nitrogen and oxygen atoms in total. The average molecular weight is 225 g/mol. The largest absolute Gasteiger partial charge is 0.284 e. The maximum atomic E-state index is 10.9. The number of nitro groups is 1. The van der Waals surface area contributed by atoms with Crippen molar-refractivity contribution in [3.05, 3.63) is 38.9 Å². The van der Waals surface area contributed by atoms with Crippen molar-refractivity contribution in [1.29, 1.82) is 5.26 Å². The molecule has 15 heavy (non-hydrogen) atoms. The minimum absolute atomic E-state index is 0.169. The molecule has 1 aromatic carbocycles. The molecule has 0 aliphatic carbocycles. The lowest BCUT2D eigenvalue weighted by Gasteiger charge is -2.01. The van der Waals surface area contributed by atoms with Crippen molar-refractivity contribution in [3.8, 4) is 6.07 Å². The van der Waals surface area contributed by atoms with Crippen LogP contribution in [0.1, 0.15) is 21.5 Å². The predicted octanol–water partition coefficient (Wildman–Crippen LogP) is 2.15. The molecule has 0 N–H and O–H groups in total. The molecule has 6 heteroatoms. The second kappa shape index (κ2) is 4.07. The number of hydrogen-bond donors (Lipinski definition) is 0. The van der Waals surface area contributed by atoms with E-state index in [0.29, 0.717) is 0 Å². The Labute approximate surface area is 90.0 Å². The van der Waals surface area contributed by atoms with E-state index in [0.717, 1.165) is 6.07 Å². The Bertz CT molecular complexity index is 491. The van der Waals surface area contributed by atoms with Gasteiger partial charge in [-0.2, -0.15) is 5.26 Å². The Balaban J connectivity index is 3.58. The first kappa shape index (κ1) is 11.1. The van der Waals surface area contributed by atoms with Gasteiger partial charge in [-0.05, 0) is 30.7 Å². The standard InChI is InChI=1S/C9H5ClN2O3/c1-5-2-6(4-11)3-7(9(10)13)8(5)12(14)15/h2-3H,1H3. The number of halogens is 1. The monoisotopic (exact) mass is 224 g/mol. The summed E-state index contributed by atoms with van der Waals surface area (Å²) in [6, 6.07) is 4.24. The van der Waals surface area contributed by atoms with Gasteiger partial charge < -0.3 is 0 Å². The van der Waals surface area contributed by atoms with Crippen LogP contribution in [0.3, 0.4) is 0 Å². The molecule has 0 amide bonds. The molecule has 0 heterocycles. The van der Waals surface area contributed by atoms with Gasteiger partial charge >= 0.3 is 0 Å². The highest BCUT2D eigenvalue weighted by Gasteiger charge is 2.22. The third-order valence-corrected chi connectivity index (χ3v) is 2.03. The smallest absolute Gasteiger partial charge is 0.275 e. The molecular weight excluding hydrogens is 220 g/mol. The molecule has 0 aliphatic rings. The SMILES string of the molecule is Cc1cc(C#N)cc(C(=O)Cl)c1[N+](=O)[O-]. The van der Waals surface area contributed by atoms with E-state index in [1.165, 1.54) is 13.0 Å². The topological polar surface area (TPSA) is 84.0 Å². The van der Waals surface area contributed by atoms with Gasteiger partial charge in [0.2, 0.25) is 0 Å². The lowest BCUT2D eigenvalue weighted by atomic mass is 10.1. The van der Waals surface area contributed by atoms with Gasteiger partial charge in [0.15, 0.2) is 0 Å². The van der Waals surface area contributed by atoms with Crippen LogP contribution in [0.25, 0.3) is 0 Å². The molecule has 0 aromatic heterocycles. The van der Waals surface area contributed by atoms with E-state index in [-0.39, 0.29) is 22.4 Å². The second-order valence-electron chi connectivity index (χ2n) is 2.83. The molecule has 0 radical (unpaired) electrons. The van der Waals surface area contributed by atoms with Crippen LogP contribution in [0, 0.1) is 28.4 Å². The Hall–Kier alpha value is -1.93. The van der Waals surface area contributed by atoms with Gasteiger partial charge in [0.05, 0.1) is 16.6 Å². The number of hydrogen-bond acceptors (Lipinski definition) is 4. The van der Waals surface area contributed by atoms with Crippen LogP contribution in [0.15, 0.2) is 12.1 Å². The molecule has 0 spiro atoms. The van der Waals surface area contributed by atoms with E-state index in [1.54, 1.807) is 6.07 Å². The Morgan fingerprint density at radius 3 is 2.60 bits per heavy atom. The maximum Gasteiger partial charge on any atom is 0.284 e. The summed E-state index contributed by atoms with van der Waals surface area (Å²) in [5, 5.41) is 18.3. The minimum Gasteiger partial charge on any atom is -0.275 e. The number of nitro benzene ring substituents is 1. The summed E-state index contributed by atoms with van der Waals surface area (Å²) in [6.45, 7) is 1.45. The summed E-state index contributed by atoms with van der Waals surface area (Å²) in [4.78, 5) is 20.9. The fourth-order valence-electron chi connectivity index (χ4n) is 1.24. The molecule has 1 aromatic rings. The molecule has 1 rings (SSSR count). The summed E-state index contributed by atoms with van der Waals surface area (Å²) < 4.78 is 0. The van der Waals surface area contributed by atoms with Gasteiger partial charge in [0, 0.05) is 5.56 Å². The highest BCUT2D eigenvalue weighted by Crippen LogP contribution is 2.26. The van der Waals surface area contributed by atoms with Gasteiger partial charge in [-0.1, -0.05) is 0 Å². The second-order valence-corrected chi connectivity index (χ2v) is 3.18. The molecule has 0 fully saturated rings. The number of rotatable bonds is 2. The summed E-state index contributed by atoms with van der Waals surface area (Å²) >= 11 is 5.20. The van der Waals surface area contributed by atoms with E-state index in [2.05, 4.69) is 0 Å². The highest BCUT2D eigenvalue weighted by molar-refractivity contribution is 6.68. The van der Waals surface area contributed by atoms with Crippen LogP contribution < -0.4 is 0 Å². The van der Waals surface area contributed by atoms with Gasteiger partial charge in [0.1, 0.15) is 5.56 Å². The summed E-state index contributed by atoms with van der Waals surface area (Å²) in [6.07, 6.45) is 0. The van der Waals surface area contributed by atoms with Gasteiger partial charge in [-0.25, -0.2) is 0 Å². The number of nitriles is 1. The summed E-state index contributed by atoms with van der Waals surface area (Å²) in [7, 11) is 0. The van der Waals surface area contributed by atoms with Gasteiger partial charge in [-0.3, -0.25) is 14.9 Å². The predicted molar refractivity (Wildman–Crippen MR) is 52.7 cm³/mol. The van der Waals surface area contributed by atoms with Crippen molar-refractivity contribution in [1.82, 2.24) is 0 Å². The third-order valence-electron chi connectivity index (χ3n) is 1.82. The van der Waals surface area contributed by atoms with Crippen LogP contribution in [0.5, 0.6) is 0 Å². The third kappa shape index (κ3) is 2.11. The van der Waals surface area contributed by atoms with Crippen LogP contribution in [-0.4, -0.2) is 10.2 Å². The van der Waals surface area contributed by atoms with Crippen molar-refractivity contribution in [2.24, 2.45) is 0 Å². The number of carbonyl (C=O) groups is 1. The van der Waals surface area contributed by atoms with E-state index in [4.69, 9.17) is 16.9 Å². The fraction of sp³-hybridized carbons (Fsp3) is 0.111. The molecule has 76 valence electrons. The van der Waals surface area contributed by atoms with Crippen molar-refractivity contribution in [2.45, 2.75) is 6.92 Å². The van der Waals surface area contributed by atoms with Crippen molar-refractivity contribution in [2.75, 3.05) is 0 Å². The number of aryl methyl sites for hydroxylation is 1. The first-order valence-corrected chi connectivity index (χ1v) is 4.24. The number of benzene rings is 1. The van der Waals surface area contributed by atoms with E-state index in [9.17, 15) is 14.9 Å². The Morgan fingerprint density at radius 2 is 2.20 bits per heavy atom. The first-order chi connectivity index (χ1) is 6.97. The maximum absolute atomic E-state index is 10.9. The van der Waals surface area contributed by atoms with Crippen molar-refractivity contribution >= 4 is 22.5 Å². The van der Waals surface area contributed by atoms with Crippen molar-refractivity contribution in [3.63, 3.8) is 0 Å². The molecule has 0 saturated carbocycles. The quantitative estimate of drug-likeness (QED) is 0.438. The van der Waals surface area contributed by atoms with E-state index in [1.807, 2.05) is 0 Å². The van der Waals surface area contributed by atoms with E-state index < -0.39 is 10.2 Å². The molecule has 0 atom stereocenters. The molecule has 0 saturated heterocycles. The first-order valence-electron chi connectivity index (χ1n) is 3.86. The molecule has 0 unspecified atom stereocenters. The minimum atomic E-state index is -0.943. The molecule has 0 bridgehead atoms. The van der Waals surface area contributed by atoms with Crippen LogP contribution in [0.4, 0.5) is 5.69 Å². The normalized spacial score (nSPS) is 9.40.